The summed E-state index contributed by atoms with van der Waals surface area (Å²) in [6.07, 6.45) is 4.88. The second kappa shape index (κ2) is 11.9. The Balaban J connectivity index is 1.15. The number of hydrogen-bond acceptors (Lipinski definition) is 7. The van der Waals surface area contributed by atoms with E-state index < -0.39 is 17.1 Å². The summed E-state index contributed by atoms with van der Waals surface area (Å²) in [5, 5.41) is 3.67. The van der Waals surface area contributed by atoms with Crippen LogP contribution in [0.25, 0.3) is 10.9 Å². The highest BCUT2D eigenvalue weighted by Gasteiger charge is 2.27. The Morgan fingerprint density at radius 3 is 2.31 bits per heavy atom. The number of anilines is 2. The van der Waals surface area contributed by atoms with Crippen molar-refractivity contribution in [3.63, 3.8) is 0 Å². The average molecular weight is 564 g/mol. The molecule has 0 spiro atoms. The first kappa shape index (κ1) is 27.3. The second-order valence-electron chi connectivity index (χ2n) is 9.87. The van der Waals surface area contributed by atoms with Crippen LogP contribution in [0.5, 0.6) is 11.5 Å². The Labute approximate surface area is 227 Å². The van der Waals surface area contributed by atoms with E-state index in [1.165, 1.54) is 50.2 Å². The van der Waals surface area contributed by atoms with Crippen molar-refractivity contribution < 1.29 is 25.9 Å². The molecule has 1 aromatic heterocycles. The predicted octanol–water partition coefficient (Wildman–Crippen LogP) is 5.81. The number of fused-ring (bicyclic) bond motifs is 1. The minimum absolute atomic E-state index is 0.0834. The molecule has 3 aromatic rings. The molecule has 2 aromatic carbocycles. The van der Waals surface area contributed by atoms with Crippen molar-refractivity contribution in [3.8, 4) is 11.5 Å². The first-order valence-electron chi connectivity index (χ1n) is 13.1. The lowest BCUT2D eigenvalue weighted by Gasteiger charge is -2.36. The highest BCUT2D eigenvalue weighted by molar-refractivity contribution is 8.20. The van der Waals surface area contributed by atoms with Gasteiger partial charge in [-0.25, -0.2) is 9.97 Å². The van der Waals surface area contributed by atoms with Crippen LogP contribution in [-0.4, -0.2) is 65.5 Å². The molecule has 8 nitrogen and oxygen atoms in total. The van der Waals surface area contributed by atoms with E-state index >= 15 is 0 Å². The third-order valence-corrected chi connectivity index (χ3v) is 7.50. The number of ether oxygens (including phenoxy) is 2. The Bertz CT molecular complexity index is 1290. The Morgan fingerprint density at radius 1 is 0.974 bits per heavy atom. The highest BCUT2D eigenvalue weighted by Crippen LogP contribution is 2.52. The van der Waals surface area contributed by atoms with E-state index in [-0.39, 0.29) is 18.3 Å². The summed E-state index contributed by atoms with van der Waals surface area (Å²) in [5.41, 5.74) is 2.27. The van der Waals surface area contributed by atoms with E-state index in [1.54, 1.807) is 6.07 Å². The van der Waals surface area contributed by atoms with Gasteiger partial charge in [0, 0.05) is 30.2 Å². The van der Waals surface area contributed by atoms with Gasteiger partial charge in [0.05, 0.1) is 11.2 Å². The molecule has 0 bridgehead atoms. The summed E-state index contributed by atoms with van der Waals surface area (Å²) in [6, 6.07) is 11.8. The second-order valence-corrected chi connectivity index (χ2v) is 11.1. The molecule has 5 rings (SSSR count). The minimum Gasteiger partial charge on any atom is -0.484 e. The summed E-state index contributed by atoms with van der Waals surface area (Å²) >= 11 is -5.23. The Morgan fingerprint density at radius 2 is 1.64 bits per heavy atom. The zero-order valence-corrected chi connectivity index (χ0v) is 22.6. The van der Waals surface area contributed by atoms with Gasteiger partial charge in [-0.2, -0.15) is 0 Å². The van der Waals surface area contributed by atoms with Crippen molar-refractivity contribution in [1.29, 1.82) is 0 Å². The quantitative estimate of drug-likeness (QED) is 0.352. The molecule has 12 heteroatoms. The maximum atomic E-state index is 12.4. The zero-order chi connectivity index (χ0) is 27.4. The lowest BCUT2D eigenvalue weighted by atomic mass is 10.0. The molecular formula is C27H32F3N5O3S. The van der Waals surface area contributed by atoms with Crippen LogP contribution in [-0.2, 0) is 4.79 Å². The van der Waals surface area contributed by atoms with Gasteiger partial charge in [-0.1, -0.05) is 0 Å². The molecule has 2 fully saturated rings. The molecule has 0 saturated carbocycles. The van der Waals surface area contributed by atoms with Crippen LogP contribution in [0.1, 0.15) is 31.4 Å². The monoisotopic (exact) mass is 563 g/mol. The molecular weight excluding hydrogens is 531 g/mol. The summed E-state index contributed by atoms with van der Waals surface area (Å²) in [5.74, 6) is -0.477. The number of amides is 1. The number of carbonyl (C=O) groups is 1. The normalized spacial score (nSPS) is 17.4. The van der Waals surface area contributed by atoms with E-state index in [2.05, 4.69) is 15.1 Å². The fraction of sp³-hybridized carbons (Fsp3) is 0.444. The molecule has 39 heavy (non-hydrogen) atoms. The number of benzene rings is 2. The van der Waals surface area contributed by atoms with Crippen LogP contribution in [0, 0.1) is 6.92 Å². The van der Waals surface area contributed by atoms with Crippen LogP contribution in [0.15, 0.2) is 42.5 Å². The van der Waals surface area contributed by atoms with Crippen LogP contribution in [0.3, 0.4) is 0 Å². The number of aryl methyl sites for hydroxylation is 1. The molecule has 1 amide bonds. The van der Waals surface area contributed by atoms with Crippen molar-refractivity contribution in [2.45, 2.75) is 38.6 Å². The molecule has 210 valence electrons. The lowest BCUT2D eigenvalue weighted by Crippen LogP contribution is -2.44. The zero-order valence-electron chi connectivity index (χ0n) is 21.7. The molecule has 2 aliphatic heterocycles. The topological polar surface area (TPSA) is 79.8 Å². The van der Waals surface area contributed by atoms with Gasteiger partial charge in [-0.3, -0.25) is 4.79 Å². The van der Waals surface area contributed by atoms with Crippen LogP contribution >= 0.6 is 11.2 Å². The summed E-state index contributed by atoms with van der Waals surface area (Å²) < 4.78 is 47.2. The van der Waals surface area contributed by atoms with Crippen molar-refractivity contribution in [2.75, 3.05) is 48.9 Å². The molecule has 1 N–H and O–H groups in total. The number of piperidine rings is 1. The number of carbonyl (C=O) groups excluding carboxylic acids is 1. The standard InChI is InChI=1S/C27H32F3N5O3S/c1-19-24-16-20(32-26(36)17-37-22-5-7-23(8-6-22)38-18-39(28,29)30)4-9-25(24)33-27(31-19)35-14-10-21(11-15-35)34-12-2-3-13-34/h4-9,16,21H,2-3,10-15,17-18H2,1H3,(H,32,36). The number of aromatic nitrogens is 2. The van der Waals surface area contributed by atoms with Gasteiger partial charge < -0.3 is 24.6 Å². The number of nitrogens with zero attached hydrogens (tertiary/aromatic N) is 4. The number of hydrogen-bond donors (Lipinski definition) is 1. The first-order chi connectivity index (χ1) is 18.7. The third-order valence-electron chi connectivity index (χ3n) is 7.12. The van der Waals surface area contributed by atoms with E-state index in [0.29, 0.717) is 17.5 Å². The van der Waals surface area contributed by atoms with E-state index in [0.717, 1.165) is 48.5 Å². The predicted molar refractivity (Wildman–Crippen MR) is 147 cm³/mol. The van der Waals surface area contributed by atoms with Crippen LogP contribution in [0.2, 0.25) is 0 Å². The molecule has 2 saturated heterocycles. The highest BCUT2D eigenvalue weighted by atomic mass is 32.3. The SMILES string of the molecule is Cc1nc(N2CCC(N3CCCC3)CC2)nc2ccc(NC(=O)COc3ccc(OCS(F)(F)F)cc3)cc12. The maximum Gasteiger partial charge on any atom is 0.262 e. The van der Waals surface area contributed by atoms with Gasteiger partial charge in [0.2, 0.25) is 17.1 Å². The molecule has 0 radical (unpaired) electrons. The van der Waals surface area contributed by atoms with Gasteiger partial charge in [0.15, 0.2) is 12.5 Å². The van der Waals surface area contributed by atoms with Gasteiger partial charge in [0.25, 0.3) is 5.91 Å². The molecule has 0 aliphatic carbocycles. The van der Waals surface area contributed by atoms with Gasteiger partial charge in [0.1, 0.15) is 11.5 Å². The van der Waals surface area contributed by atoms with Crippen molar-refractivity contribution >= 4 is 39.6 Å². The smallest absolute Gasteiger partial charge is 0.262 e. The molecule has 3 heterocycles. The fourth-order valence-electron chi connectivity index (χ4n) is 5.14. The first-order valence-corrected chi connectivity index (χ1v) is 14.6. The molecule has 0 atom stereocenters. The van der Waals surface area contributed by atoms with Gasteiger partial charge >= 0.3 is 0 Å². The largest absolute Gasteiger partial charge is 0.484 e. The van der Waals surface area contributed by atoms with Gasteiger partial charge in [-0.15, -0.1) is 11.7 Å². The third kappa shape index (κ3) is 7.24. The van der Waals surface area contributed by atoms with Gasteiger partial charge in [-0.05, 0) is 88.2 Å². The van der Waals surface area contributed by atoms with E-state index in [1.807, 2.05) is 19.1 Å². The summed E-state index contributed by atoms with van der Waals surface area (Å²) in [4.78, 5) is 26.9. The van der Waals surface area contributed by atoms with E-state index in [9.17, 15) is 16.5 Å². The molecule has 0 unspecified atom stereocenters. The van der Waals surface area contributed by atoms with Crippen molar-refractivity contribution in [2.24, 2.45) is 0 Å². The number of likely N-dealkylation sites (tertiary alicyclic amines) is 1. The van der Waals surface area contributed by atoms with Crippen molar-refractivity contribution in [3.05, 3.63) is 48.2 Å². The maximum absolute atomic E-state index is 12.4. The van der Waals surface area contributed by atoms with Crippen LogP contribution in [0.4, 0.5) is 23.3 Å². The lowest BCUT2D eigenvalue weighted by molar-refractivity contribution is -0.118. The number of nitrogens with one attached hydrogen (secondary N) is 1. The summed E-state index contributed by atoms with van der Waals surface area (Å²) in [7, 11) is 0. The van der Waals surface area contributed by atoms with E-state index in [4.69, 9.17) is 19.4 Å². The number of halogens is 3. The summed E-state index contributed by atoms with van der Waals surface area (Å²) in [6.45, 7) is 6.03. The van der Waals surface area contributed by atoms with Crippen molar-refractivity contribution in [1.82, 2.24) is 14.9 Å². The average Bonchev–Trinajstić information content (AvgIpc) is 3.46. The Hall–Kier alpha value is -3.25. The minimum atomic E-state index is -5.23. The molecule has 2 aliphatic rings. The Kier molecular flexibility index (Phi) is 8.31. The number of rotatable bonds is 9. The van der Waals surface area contributed by atoms with Crippen LogP contribution < -0.4 is 19.7 Å². The fourth-order valence-corrected chi connectivity index (χ4v) is 5.41.